The van der Waals surface area contributed by atoms with E-state index in [-0.39, 0.29) is 17.5 Å². The maximum atomic E-state index is 13.1. The average Bonchev–Trinajstić information content (AvgIpc) is 2.34. The third-order valence-corrected chi connectivity index (χ3v) is 3.06. The van der Waals surface area contributed by atoms with Crippen molar-refractivity contribution in [3.05, 3.63) is 30.1 Å². The lowest BCUT2D eigenvalue weighted by Crippen LogP contribution is -2.32. The van der Waals surface area contributed by atoms with Crippen LogP contribution in [0.5, 0.6) is 0 Å². The van der Waals surface area contributed by atoms with Gasteiger partial charge in [0.1, 0.15) is 5.82 Å². The summed E-state index contributed by atoms with van der Waals surface area (Å²) in [6.07, 6.45) is 0.847. The number of anilines is 1. The first-order valence-corrected chi connectivity index (χ1v) is 6.11. The normalized spacial score (nSPS) is 12.2. The molecule has 0 amide bonds. The fourth-order valence-electron chi connectivity index (χ4n) is 1.63. The van der Waals surface area contributed by atoms with Crippen LogP contribution in [0, 0.1) is 11.7 Å². The number of Topliss-reactive ketones (excluding diaryl/α,β-unsaturated/α-hetero) is 1. The molecule has 0 saturated heterocycles. The lowest BCUT2D eigenvalue weighted by Gasteiger charge is -2.23. The monoisotopic (exact) mass is 237 g/mol. The second-order valence-electron chi connectivity index (χ2n) is 4.27. The highest BCUT2D eigenvalue weighted by molar-refractivity contribution is 5.85. The Balaban J connectivity index is 2.75. The number of hydrogen-bond donors (Lipinski definition) is 0. The van der Waals surface area contributed by atoms with Crippen molar-refractivity contribution in [3.63, 3.8) is 0 Å². The van der Waals surface area contributed by atoms with E-state index in [4.69, 9.17) is 0 Å². The predicted octanol–water partition coefficient (Wildman–Crippen LogP) is 3.27. The van der Waals surface area contributed by atoms with Crippen LogP contribution in [-0.2, 0) is 4.79 Å². The predicted molar refractivity (Wildman–Crippen MR) is 68.7 cm³/mol. The van der Waals surface area contributed by atoms with Crippen LogP contribution >= 0.6 is 0 Å². The molecule has 0 spiro atoms. The average molecular weight is 237 g/mol. The van der Waals surface area contributed by atoms with Gasteiger partial charge in [0.25, 0.3) is 0 Å². The molecule has 1 atom stereocenters. The number of benzene rings is 1. The van der Waals surface area contributed by atoms with E-state index >= 15 is 0 Å². The fourth-order valence-corrected chi connectivity index (χ4v) is 1.63. The van der Waals surface area contributed by atoms with Crippen LogP contribution in [0.3, 0.4) is 0 Å². The SMILES string of the molecule is CCC(C)C(=O)CN(CC)c1cccc(F)c1. The van der Waals surface area contributed by atoms with Crippen molar-refractivity contribution in [2.24, 2.45) is 5.92 Å². The molecule has 2 nitrogen and oxygen atoms in total. The van der Waals surface area contributed by atoms with E-state index in [9.17, 15) is 9.18 Å². The first-order chi connectivity index (χ1) is 8.08. The van der Waals surface area contributed by atoms with E-state index < -0.39 is 0 Å². The van der Waals surface area contributed by atoms with Crippen molar-refractivity contribution in [1.29, 1.82) is 0 Å². The molecule has 1 aromatic carbocycles. The molecule has 1 rings (SSSR count). The van der Waals surface area contributed by atoms with Crippen LogP contribution in [-0.4, -0.2) is 18.9 Å². The highest BCUT2D eigenvalue weighted by Crippen LogP contribution is 2.16. The van der Waals surface area contributed by atoms with Crippen LogP contribution in [0.15, 0.2) is 24.3 Å². The second kappa shape index (κ2) is 6.38. The number of carbonyl (C=O) groups is 1. The molecule has 1 aromatic rings. The van der Waals surface area contributed by atoms with Crippen molar-refractivity contribution in [2.45, 2.75) is 27.2 Å². The molecular weight excluding hydrogens is 217 g/mol. The van der Waals surface area contributed by atoms with Gasteiger partial charge < -0.3 is 4.90 Å². The van der Waals surface area contributed by atoms with Crippen LogP contribution in [0.25, 0.3) is 0 Å². The molecule has 0 fully saturated rings. The highest BCUT2D eigenvalue weighted by Gasteiger charge is 2.15. The molecule has 0 bridgehead atoms. The molecule has 1 unspecified atom stereocenters. The summed E-state index contributed by atoms with van der Waals surface area (Å²) in [4.78, 5) is 13.8. The Morgan fingerprint density at radius 3 is 2.65 bits per heavy atom. The first kappa shape index (κ1) is 13.7. The summed E-state index contributed by atoms with van der Waals surface area (Å²) < 4.78 is 13.1. The Morgan fingerprint density at radius 1 is 1.41 bits per heavy atom. The van der Waals surface area contributed by atoms with Gasteiger partial charge in [0.2, 0.25) is 0 Å². The van der Waals surface area contributed by atoms with Crippen molar-refractivity contribution < 1.29 is 9.18 Å². The number of hydrogen-bond acceptors (Lipinski definition) is 2. The third kappa shape index (κ3) is 3.84. The van der Waals surface area contributed by atoms with E-state index in [1.54, 1.807) is 6.07 Å². The Labute approximate surface area is 102 Å². The van der Waals surface area contributed by atoms with Gasteiger partial charge in [-0.1, -0.05) is 19.9 Å². The van der Waals surface area contributed by atoms with E-state index in [1.165, 1.54) is 12.1 Å². The molecule has 17 heavy (non-hydrogen) atoms. The Bertz CT molecular complexity index is 378. The zero-order valence-electron chi connectivity index (χ0n) is 10.7. The van der Waals surface area contributed by atoms with Gasteiger partial charge in [-0.05, 0) is 31.5 Å². The first-order valence-electron chi connectivity index (χ1n) is 6.11. The van der Waals surface area contributed by atoms with Gasteiger partial charge in [0.05, 0.1) is 6.54 Å². The van der Waals surface area contributed by atoms with Crippen molar-refractivity contribution >= 4 is 11.5 Å². The molecule has 0 saturated carbocycles. The lowest BCUT2D eigenvalue weighted by atomic mass is 10.0. The molecule has 94 valence electrons. The minimum absolute atomic E-state index is 0.0672. The second-order valence-corrected chi connectivity index (χ2v) is 4.27. The Kier molecular flexibility index (Phi) is 5.13. The van der Waals surface area contributed by atoms with Crippen molar-refractivity contribution in [1.82, 2.24) is 0 Å². The van der Waals surface area contributed by atoms with Crippen LogP contribution in [0.2, 0.25) is 0 Å². The smallest absolute Gasteiger partial charge is 0.154 e. The van der Waals surface area contributed by atoms with Gasteiger partial charge in [-0.3, -0.25) is 4.79 Å². The zero-order chi connectivity index (χ0) is 12.8. The standard InChI is InChI=1S/C14H20FNO/c1-4-11(3)14(17)10-16(5-2)13-8-6-7-12(15)9-13/h6-9,11H,4-5,10H2,1-3H3. The molecule has 0 aliphatic carbocycles. The summed E-state index contributed by atoms with van der Waals surface area (Å²) in [5.41, 5.74) is 0.768. The van der Waals surface area contributed by atoms with E-state index in [1.807, 2.05) is 31.7 Å². The maximum Gasteiger partial charge on any atom is 0.154 e. The molecule has 0 aromatic heterocycles. The largest absolute Gasteiger partial charge is 0.364 e. The van der Waals surface area contributed by atoms with E-state index in [0.29, 0.717) is 13.1 Å². The molecule has 0 N–H and O–H groups in total. The fraction of sp³-hybridized carbons (Fsp3) is 0.500. The number of ketones is 1. The topological polar surface area (TPSA) is 20.3 Å². The number of rotatable bonds is 6. The zero-order valence-corrected chi connectivity index (χ0v) is 10.7. The Morgan fingerprint density at radius 2 is 2.12 bits per heavy atom. The summed E-state index contributed by atoms with van der Waals surface area (Å²) >= 11 is 0. The molecule has 0 radical (unpaired) electrons. The number of carbonyl (C=O) groups excluding carboxylic acids is 1. The van der Waals surface area contributed by atoms with E-state index in [2.05, 4.69) is 0 Å². The van der Waals surface area contributed by atoms with Gasteiger partial charge in [-0.25, -0.2) is 4.39 Å². The number of nitrogens with zero attached hydrogens (tertiary/aromatic N) is 1. The third-order valence-electron chi connectivity index (χ3n) is 3.06. The van der Waals surface area contributed by atoms with Crippen LogP contribution in [0.1, 0.15) is 27.2 Å². The van der Waals surface area contributed by atoms with Crippen LogP contribution < -0.4 is 4.90 Å². The number of halogens is 1. The van der Waals surface area contributed by atoms with Crippen molar-refractivity contribution in [2.75, 3.05) is 18.0 Å². The summed E-state index contributed by atoms with van der Waals surface area (Å²) in [5, 5.41) is 0. The molecular formula is C14H20FNO. The molecule has 0 heterocycles. The highest BCUT2D eigenvalue weighted by atomic mass is 19.1. The van der Waals surface area contributed by atoms with Gasteiger partial charge in [-0.15, -0.1) is 0 Å². The van der Waals surface area contributed by atoms with Gasteiger partial charge in [-0.2, -0.15) is 0 Å². The summed E-state index contributed by atoms with van der Waals surface area (Å²) in [7, 11) is 0. The Hall–Kier alpha value is -1.38. The maximum absolute atomic E-state index is 13.1. The molecule has 3 heteroatoms. The summed E-state index contributed by atoms with van der Waals surface area (Å²) in [5.74, 6) is 0.00755. The van der Waals surface area contributed by atoms with Crippen molar-refractivity contribution in [3.8, 4) is 0 Å². The summed E-state index contributed by atoms with van der Waals surface area (Å²) in [6.45, 7) is 6.96. The molecule has 0 aliphatic rings. The summed E-state index contributed by atoms with van der Waals surface area (Å²) in [6, 6.07) is 6.37. The van der Waals surface area contributed by atoms with E-state index in [0.717, 1.165) is 12.1 Å². The van der Waals surface area contributed by atoms with Gasteiger partial charge >= 0.3 is 0 Å². The van der Waals surface area contributed by atoms with Gasteiger partial charge in [0, 0.05) is 18.2 Å². The van der Waals surface area contributed by atoms with Gasteiger partial charge in [0.15, 0.2) is 5.78 Å². The van der Waals surface area contributed by atoms with Crippen LogP contribution in [0.4, 0.5) is 10.1 Å². The minimum atomic E-state index is -0.267. The lowest BCUT2D eigenvalue weighted by molar-refractivity contribution is -0.121. The minimum Gasteiger partial charge on any atom is -0.364 e. The quantitative estimate of drug-likeness (QED) is 0.757. The number of likely N-dealkylation sites (N-methyl/N-ethyl adjacent to an activating group) is 1. The molecule has 0 aliphatic heterocycles.